The lowest BCUT2D eigenvalue weighted by molar-refractivity contribution is 0.610. The molecule has 0 aliphatic heterocycles. The van der Waals surface area contributed by atoms with Crippen LogP contribution in [0.15, 0.2) is 0 Å². The first-order valence-electron chi connectivity index (χ1n) is 4.93. The van der Waals surface area contributed by atoms with Crippen LogP contribution in [0.25, 0.3) is 0 Å². The molecule has 0 unspecified atom stereocenters. The van der Waals surface area contributed by atoms with Crippen LogP contribution in [0, 0.1) is 13.8 Å². The monoisotopic (exact) mass is 181 g/mol. The summed E-state index contributed by atoms with van der Waals surface area (Å²) < 4.78 is 2.28. The Hall–Kier alpha value is -0.830. The van der Waals surface area contributed by atoms with Gasteiger partial charge >= 0.3 is 0 Å². The minimum atomic E-state index is 0.750. The minimum absolute atomic E-state index is 0.750. The Labute approximate surface area is 80.0 Å². The van der Waals surface area contributed by atoms with Crippen molar-refractivity contribution in [3.05, 3.63) is 17.2 Å². The number of hydrogen-bond acceptors (Lipinski definition) is 2. The molecule has 0 aliphatic rings. The highest BCUT2D eigenvalue weighted by Crippen LogP contribution is 2.11. The summed E-state index contributed by atoms with van der Waals surface area (Å²) in [6.45, 7) is 8.06. The molecule has 13 heavy (non-hydrogen) atoms. The molecule has 0 fully saturated rings. The molecule has 0 radical (unpaired) electrons. The first-order chi connectivity index (χ1) is 6.20. The molecule has 1 rings (SSSR count). The lowest BCUT2D eigenvalue weighted by Gasteiger charge is -2.08. The second-order valence-electron chi connectivity index (χ2n) is 3.34. The van der Waals surface area contributed by atoms with Crippen molar-refractivity contribution in [2.45, 2.75) is 40.2 Å². The van der Waals surface area contributed by atoms with Gasteiger partial charge in [-0.3, -0.25) is 0 Å². The largest absolute Gasteiger partial charge is 0.332 e. The molecule has 0 amide bonds. The molecule has 3 nitrogen and oxygen atoms in total. The fraction of sp³-hybridized carbons (Fsp3) is 0.700. The molecule has 0 spiro atoms. The van der Waals surface area contributed by atoms with Gasteiger partial charge < -0.3 is 10.3 Å². The Morgan fingerprint density at radius 2 is 2.08 bits per heavy atom. The zero-order chi connectivity index (χ0) is 9.84. The van der Waals surface area contributed by atoms with E-state index in [1.54, 1.807) is 0 Å². The van der Waals surface area contributed by atoms with E-state index in [1.165, 1.54) is 5.69 Å². The SMILES string of the molecule is CCc1c(C)nc(C)n1CCCN. The molecule has 1 aromatic heterocycles. The summed E-state index contributed by atoms with van der Waals surface area (Å²) in [5.74, 6) is 1.11. The highest BCUT2D eigenvalue weighted by atomic mass is 15.1. The van der Waals surface area contributed by atoms with Crippen LogP contribution in [0.1, 0.15) is 30.6 Å². The number of nitrogens with zero attached hydrogens (tertiary/aromatic N) is 2. The standard InChI is InChI=1S/C10H19N3/c1-4-10-8(2)12-9(3)13(10)7-5-6-11/h4-7,11H2,1-3H3. The minimum Gasteiger partial charge on any atom is -0.332 e. The highest BCUT2D eigenvalue weighted by molar-refractivity contribution is 5.15. The maximum Gasteiger partial charge on any atom is 0.106 e. The van der Waals surface area contributed by atoms with Gasteiger partial charge in [0.2, 0.25) is 0 Å². The third kappa shape index (κ3) is 2.10. The van der Waals surface area contributed by atoms with Crippen molar-refractivity contribution in [1.82, 2.24) is 9.55 Å². The fourth-order valence-corrected chi connectivity index (χ4v) is 1.75. The Morgan fingerprint density at radius 3 is 2.62 bits per heavy atom. The number of hydrogen-bond donors (Lipinski definition) is 1. The highest BCUT2D eigenvalue weighted by Gasteiger charge is 2.08. The average molecular weight is 181 g/mol. The lowest BCUT2D eigenvalue weighted by Crippen LogP contribution is -2.09. The Balaban J connectivity index is 2.89. The van der Waals surface area contributed by atoms with Gasteiger partial charge in [0, 0.05) is 12.2 Å². The first kappa shape index (κ1) is 10.3. The lowest BCUT2D eigenvalue weighted by atomic mass is 10.2. The molecule has 1 aromatic rings. The number of aryl methyl sites for hydroxylation is 2. The Bertz CT molecular complexity index is 276. The van der Waals surface area contributed by atoms with Crippen molar-refractivity contribution in [2.24, 2.45) is 5.73 Å². The summed E-state index contributed by atoms with van der Waals surface area (Å²) in [6.07, 6.45) is 2.08. The van der Waals surface area contributed by atoms with Crippen LogP contribution in [0.5, 0.6) is 0 Å². The van der Waals surface area contributed by atoms with Crippen molar-refractivity contribution in [1.29, 1.82) is 0 Å². The molecule has 0 bridgehead atoms. The van der Waals surface area contributed by atoms with E-state index in [9.17, 15) is 0 Å². The van der Waals surface area contributed by atoms with E-state index in [-0.39, 0.29) is 0 Å². The summed E-state index contributed by atoms with van der Waals surface area (Å²) in [5.41, 5.74) is 8.01. The topological polar surface area (TPSA) is 43.8 Å². The third-order valence-electron chi connectivity index (χ3n) is 2.38. The van der Waals surface area contributed by atoms with Crippen molar-refractivity contribution in [3.8, 4) is 0 Å². The summed E-state index contributed by atoms with van der Waals surface area (Å²) >= 11 is 0. The van der Waals surface area contributed by atoms with E-state index in [0.717, 1.165) is 37.4 Å². The van der Waals surface area contributed by atoms with E-state index >= 15 is 0 Å². The smallest absolute Gasteiger partial charge is 0.106 e. The summed E-state index contributed by atoms with van der Waals surface area (Å²) in [6, 6.07) is 0. The van der Waals surface area contributed by atoms with Gasteiger partial charge in [0.1, 0.15) is 5.82 Å². The van der Waals surface area contributed by atoms with E-state index in [0.29, 0.717) is 0 Å². The van der Waals surface area contributed by atoms with Gasteiger partial charge in [-0.15, -0.1) is 0 Å². The van der Waals surface area contributed by atoms with E-state index < -0.39 is 0 Å². The number of imidazole rings is 1. The fourth-order valence-electron chi connectivity index (χ4n) is 1.75. The molecule has 2 N–H and O–H groups in total. The maximum atomic E-state index is 5.49. The summed E-state index contributed by atoms with van der Waals surface area (Å²) in [7, 11) is 0. The molecule has 0 atom stereocenters. The second-order valence-corrected chi connectivity index (χ2v) is 3.34. The predicted octanol–water partition coefficient (Wildman–Crippen LogP) is 1.41. The molecule has 0 saturated heterocycles. The third-order valence-corrected chi connectivity index (χ3v) is 2.38. The average Bonchev–Trinajstić information content (AvgIpc) is 2.37. The van der Waals surface area contributed by atoms with Crippen LogP contribution >= 0.6 is 0 Å². The van der Waals surface area contributed by atoms with Gasteiger partial charge in [0.05, 0.1) is 5.69 Å². The zero-order valence-corrected chi connectivity index (χ0v) is 8.80. The quantitative estimate of drug-likeness (QED) is 0.763. The van der Waals surface area contributed by atoms with Crippen molar-refractivity contribution < 1.29 is 0 Å². The van der Waals surface area contributed by atoms with Gasteiger partial charge in [0.25, 0.3) is 0 Å². The van der Waals surface area contributed by atoms with Crippen LogP contribution in [0.2, 0.25) is 0 Å². The molecular weight excluding hydrogens is 162 g/mol. The van der Waals surface area contributed by atoms with Crippen LogP contribution < -0.4 is 5.73 Å². The van der Waals surface area contributed by atoms with Crippen molar-refractivity contribution >= 4 is 0 Å². The zero-order valence-electron chi connectivity index (χ0n) is 8.80. The molecule has 0 aliphatic carbocycles. The Morgan fingerprint density at radius 1 is 1.38 bits per heavy atom. The number of aromatic nitrogens is 2. The van der Waals surface area contributed by atoms with Gasteiger partial charge in [-0.25, -0.2) is 4.98 Å². The van der Waals surface area contributed by atoms with Crippen molar-refractivity contribution in [3.63, 3.8) is 0 Å². The van der Waals surface area contributed by atoms with Crippen molar-refractivity contribution in [2.75, 3.05) is 6.54 Å². The molecule has 3 heteroatoms. The van der Waals surface area contributed by atoms with Gasteiger partial charge in [0.15, 0.2) is 0 Å². The maximum absolute atomic E-state index is 5.49. The van der Waals surface area contributed by atoms with Gasteiger partial charge in [-0.1, -0.05) is 6.92 Å². The van der Waals surface area contributed by atoms with Crippen LogP contribution in [0.4, 0.5) is 0 Å². The predicted molar refractivity (Wildman–Crippen MR) is 54.8 cm³/mol. The van der Waals surface area contributed by atoms with Gasteiger partial charge in [-0.05, 0) is 33.2 Å². The second kappa shape index (κ2) is 4.42. The van der Waals surface area contributed by atoms with Gasteiger partial charge in [-0.2, -0.15) is 0 Å². The number of rotatable bonds is 4. The van der Waals surface area contributed by atoms with Crippen LogP contribution in [-0.4, -0.2) is 16.1 Å². The molecule has 74 valence electrons. The molecule has 0 saturated carbocycles. The summed E-state index contributed by atoms with van der Waals surface area (Å²) in [4.78, 5) is 4.46. The molecule has 0 aromatic carbocycles. The van der Waals surface area contributed by atoms with Crippen LogP contribution in [0.3, 0.4) is 0 Å². The first-order valence-corrected chi connectivity index (χ1v) is 4.93. The summed E-state index contributed by atoms with van der Waals surface area (Å²) in [5, 5.41) is 0. The Kier molecular flexibility index (Phi) is 3.48. The molecular formula is C10H19N3. The molecule has 1 heterocycles. The number of nitrogens with two attached hydrogens (primary N) is 1. The van der Waals surface area contributed by atoms with Crippen LogP contribution in [-0.2, 0) is 13.0 Å². The van der Waals surface area contributed by atoms with E-state index in [1.807, 2.05) is 0 Å². The van der Waals surface area contributed by atoms with E-state index in [4.69, 9.17) is 5.73 Å². The van der Waals surface area contributed by atoms with E-state index in [2.05, 4.69) is 30.3 Å². The normalized spacial score (nSPS) is 10.8.